The fraction of sp³-hybridized carbons (Fsp3) is 0.174. The van der Waals surface area contributed by atoms with Gasteiger partial charge in [-0.3, -0.25) is 0 Å². The Balaban J connectivity index is 0.000000450. The van der Waals surface area contributed by atoms with Gasteiger partial charge in [0.05, 0.1) is 0 Å². The molecule has 25 heavy (non-hydrogen) atoms. The minimum absolute atomic E-state index is 0.237. The summed E-state index contributed by atoms with van der Waals surface area (Å²) in [4.78, 5) is 0. The molecule has 0 aliphatic rings. The van der Waals surface area contributed by atoms with Crippen LogP contribution in [0, 0.1) is 11.6 Å². The Morgan fingerprint density at radius 3 is 1.68 bits per heavy atom. The highest BCUT2D eigenvalue weighted by molar-refractivity contribution is 5.89. The summed E-state index contributed by atoms with van der Waals surface area (Å²) in [6.07, 6.45) is 2.58. The lowest BCUT2D eigenvalue weighted by molar-refractivity contribution is 0.627. The quantitative estimate of drug-likeness (QED) is 0.314. The molecule has 0 unspecified atom stereocenters. The third-order valence-corrected chi connectivity index (χ3v) is 3.62. The second kappa shape index (κ2) is 10.2. The van der Waals surface area contributed by atoms with Crippen LogP contribution in [0.15, 0.2) is 79.1 Å². The molecular weight excluding hydrogens is 314 g/mol. The van der Waals surface area contributed by atoms with Gasteiger partial charge in [-0.15, -0.1) is 5.73 Å². The van der Waals surface area contributed by atoms with Gasteiger partial charge in [0.2, 0.25) is 0 Å². The fourth-order valence-corrected chi connectivity index (χ4v) is 2.39. The van der Waals surface area contributed by atoms with Crippen molar-refractivity contribution in [1.82, 2.24) is 0 Å². The first-order valence-electron chi connectivity index (χ1n) is 8.12. The summed E-state index contributed by atoms with van der Waals surface area (Å²) in [5.74, 6) is -0.477. The first-order chi connectivity index (χ1) is 11.9. The third-order valence-electron chi connectivity index (χ3n) is 3.62. The zero-order valence-corrected chi connectivity index (χ0v) is 15.1. The summed E-state index contributed by atoms with van der Waals surface area (Å²) < 4.78 is 25.9. The van der Waals surface area contributed by atoms with E-state index in [0.717, 1.165) is 34.3 Å². The molecule has 0 heterocycles. The zero-order chi connectivity index (χ0) is 18.8. The van der Waals surface area contributed by atoms with Crippen LogP contribution < -0.4 is 0 Å². The van der Waals surface area contributed by atoms with Crippen LogP contribution in [0.2, 0.25) is 0 Å². The van der Waals surface area contributed by atoms with E-state index in [1.807, 2.05) is 13.8 Å². The molecule has 2 aromatic rings. The predicted octanol–water partition coefficient (Wildman–Crippen LogP) is 7.21. The summed E-state index contributed by atoms with van der Waals surface area (Å²) in [5.41, 5.74) is 7.81. The van der Waals surface area contributed by atoms with Crippen LogP contribution in [0.3, 0.4) is 0 Å². The smallest absolute Gasteiger partial charge is 0.123 e. The Morgan fingerprint density at radius 1 is 0.920 bits per heavy atom. The van der Waals surface area contributed by atoms with Crippen LogP contribution in [0.1, 0.15) is 38.3 Å². The van der Waals surface area contributed by atoms with Gasteiger partial charge in [-0.1, -0.05) is 49.9 Å². The maximum Gasteiger partial charge on any atom is 0.123 e. The minimum Gasteiger partial charge on any atom is -0.207 e. The number of hydrogen-bond acceptors (Lipinski definition) is 0. The maximum atomic E-state index is 13.0. The molecule has 0 spiro atoms. The number of rotatable bonds is 4. The van der Waals surface area contributed by atoms with Gasteiger partial charge in [0.25, 0.3) is 0 Å². The zero-order valence-electron chi connectivity index (χ0n) is 15.1. The molecule has 2 heteroatoms. The molecule has 2 rings (SSSR count). The molecule has 0 atom stereocenters. The van der Waals surface area contributed by atoms with Crippen molar-refractivity contribution in [2.75, 3.05) is 0 Å². The van der Waals surface area contributed by atoms with Crippen molar-refractivity contribution in [3.05, 3.63) is 102 Å². The molecule has 0 saturated carbocycles. The van der Waals surface area contributed by atoms with Crippen molar-refractivity contribution in [1.29, 1.82) is 0 Å². The monoisotopic (exact) mass is 338 g/mol. The molecule has 0 amide bonds. The first-order valence-corrected chi connectivity index (χ1v) is 8.12. The molecule has 0 fully saturated rings. The molecule has 2 aromatic carbocycles. The molecular formula is C23H24F2. The topological polar surface area (TPSA) is 0 Å². The largest absolute Gasteiger partial charge is 0.207 e. The summed E-state index contributed by atoms with van der Waals surface area (Å²) in [6, 6.07) is 12.9. The number of allylic oxidation sites excluding steroid dienone is 4. The van der Waals surface area contributed by atoms with Crippen molar-refractivity contribution in [2.45, 2.75) is 27.2 Å². The van der Waals surface area contributed by atoms with Gasteiger partial charge in [-0.2, -0.15) is 0 Å². The van der Waals surface area contributed by atoms with Gasteiger partial charge >= 0.3 is 0 Å². The number of hydrogen-bond donors (Lipinski definition) is 0. The summed E-state index contributed by atoms with van der Waals surface area (Å²) in [7, 11) is 0. The van der Waals surface area contributed by atoms with Crippen LogP contribution in [0.4, 0.5) is 8.78 Å². The highest BCUT2D eigenvalue weighted by Gasteiger charge is 2.06. The predicted molar refractivity (Wildman–Crippen MR) is 104 cm³/mol. The molecule has 0 aliphatic carbocycles. The Morgan fingerprint density at radius 2 is 1.36 bits per heavy atom. The summed E-state index contributed by atoms with van der Waals surface area (Å²) >= 11 is 0. The summed E-state index contributed by atoms with van der Waals surface area (Å²) in [5, 5.41) is 0. The molecule has 130 valence electrons. The van der Waals surface area contributed by atoms with Crippen molar-refractivity contribution in [2.24, 2.45) is 0 Å². The lowest BCUT2D eigenvalue weighted by atomic mass is 9.94. The fourth-order valence-electron chi connectivity index (χ4n) is 2.39. The van der Waals surface area contributed by atoms with E-state index in [1.165, 1.54) is 24.3 Å². The maximum absolute atomic E-state index is 13.0. The van der Waals surface area contributed by atoms with E-state index in [2.05, 4.69) is 25.8 Å². The first kappa shape index (κ1) is 20.3. The molecule has 0 nitrogen and oxygen atoms in total. The second-order valence-electron chi connectivity index (χ2n) is 5.67. The van der Waals surface area contributed by atoms with Gasteiger partial charge in [0.1, 0.15) is 11.6 Å². The van der Waals surface area contributed by atoms with E-state index >= 15 is 0 Å². The molecule has 0 aliphatic heterocycles. The van der Waals surface area contributed by atoms with Crippen LogP contribution in [0.5, 0.6) is 0 Å². The highest BCUT2D eigenvalue weighted by atomic mass is 19.1. The molecule has 0 radical (unpaired) electrons. The molecule has 0 bridgehead atoms. The minimum atomic E-state index is -0.239. The lowest BCUT2D eigenvalue weighted by Crippen LogP contribution is -1.90. The van der Waals surface area contributed by atoms with Crippen LogP contribution >= 0.6 is 0 Å². The van der Waals surface area contributed by atoms with Crippen molar-refractivity contribution >= 4 is 11.1 Å². The Labute approximate surface area is 149 Å². The van der Waals surface area contributed by atoms with E-state index in [1.54, 1.807) is 30.3 Å². The van der Waals surface area contributed by atoms with Gasteiger partial charge in [-0.05, 0) is 72.9 Å². The number of halogens is 2. The second-order valence-corrected chi connectivity index (χ2v) is 5.67. The molecule has 0 aromatic heterocycles. The average Bonchev–Trinajstić information content (AvgIpc) is 2.58. The van der Waals surface area contributed by atoms with Gasteiger partial charge in [0, 0.05) is 0 Å². The van der Waals surface area contributed by atoms with Crippen LogP contribution in [0.25, 0.3) is 11.1 Å². The van der Waals surface area contributed by atoms with Gasteiger partial charge in [-0.25, -0.2) is 8.78 Å². The van der Waals surface area contributed by atoms with E-state index in [9.17, 15) is 8.78 Å². The van der Waals surface area contributed by atoms with E-state index in [4.69, 9.17) is 0 Å². The lowest BCUT2D eigenvalue weighted by Gasteiger charge is -2.11. The average molecular weight is 338 g/mol. The van der Waals surface area contributed by atoms with Crippen LogP contribution in [-0.4, -0.2) is 0 Å². The summed E-state index contributed by atoms with van der Waals surface area (Å²) in [6.45, 7) is 12.9. The normalized spacial score (nSPS) is 10.8. The number of benzene rings is 2. The van der Waals surface area contributed by atoms with E-state index in [0.29, 0.717) is 0 Å². The standard InChI is InChI=1S/C17H16F2.C6H8/c1-3-17(14-6-10-16(19)11-7-14)12(2)13-4-8-15(18)9-5-13;1-4-5-6(2)3/h4-11H,3H2,1-2H3;5H,1-2H2,3H3/b17-12-;. The Bertz CT molecular complexity index is 772. The third kappa shape index (κ3) is 6.74. The van der Waals surface area contributed by atoms with E-state index < -0.39 is 0 Å². The van der Waals surface area contributed by atoms with Crippen molar-refractivity contribution in [3.8, 4) is 0 Å². The van der Waals surface area contributed by atoms with Gasteiger partial charge in [0.15, 0.2) is 0 Å². The SMILES string of the molecule is C=C=CC(=C)C.CC/C(=C(\C)c1ccc(F)cc1)c1ccc(F)cc1. The highest BCUT2D eigenvalue weighted by Crippen LogP contribution is 2.28. The molecule has 0 saturated heterocycles. The van der Waals surface area contributed by atoms with E-state index in [-0.39, 0.29) is 11.6 Å². The Hall–Kier alpha value is -2.70. The van der Waals surface area contributed by atoms with Crippen molar-refractivity contribution < 1.29 is 8.78 Å². The van der Waals surface area contributed by atoms with Crippen molar-refractivity contribution in [3.63, 3.8) is 0 Å². The Kier molecular flexibility index (Phi) is 8.32. The van der Waals surface area contributed by atoms with Crippen LogP contribution in [-0.2, 0) is 0 Å². The molecule has 0 N–H and O–H groups in total. The van der Waals surface area contributed by atoms with Gasteiger partial charge < -0.3 is 0 Å².